The average Bonchev–Trinajstić information content (AvgIpc) is 3.40. The van der Waals surface area contributed by atoms with Gasteiger partial charge in [0.1, 0.15) is 11.5 Å². The first kappa shape index (κ1) is 28.1. The molecule has 1 aliphatic heterocycles. The Morgan fingerprint density at radius 2 is 1.60 bits per heavy atom. The summed E-state index contributed by atoms with van der Waals surface area (Å²) >= 11 is 6.22. The Balaban J connectivity index is 1.07. The van der Waals surface area contributed by atoms with Gasteiger partial charge < -0.3 is 14.6 Å². The van der Waals surface area contributed by atoms with Crippen LogP contribution in [0, 0.1) is 12.3 Å². The fourth-order valence-electron chi connectivity index (χ4n) is 6.87. The minimum atomic E-state index is 0.335. The van der Waals surface area contributed by atoms with E-state index >= 15 is 0 Å². The second-order valence-corrected chi connectivity index (χ2v) is 13.5. The summed E-state index contributed by atoms with van der Waals surface area (Å²) in [6, 6.07) is 29.8. The highest BCUT2D eigenvalue weighted by Crippen LogP contribution is 2.43. The van der Waals surface area contributed by atoms with Crippen LogP contribution in [-0.2, 0) is 0 Å². The lowest BCUT2D eigenvalue weighted by Crippen LogP contribution is -2.47. The molecule has 0 atom stereocenters. The Bertz CT molecular complexity index is 1810. The van der Waals surface area contributed by atoms with Crippen LogP contribution in [0.4, 0.5) is 5.69 Å². The summed E-state index contributed by atoms with van der Waals surface area (Å²) in [5, 5.41) is 3.13. The quantitative estimate of drug-likeness (QED) is 0.214. The molecule has 0 bridgehead atoms. The molecule has 5 aromatic rings. The maximum atomic E-state index is 6.65. The number of rotatable bonds is 6. The molecule has 2 heterocycles. The number of ether oxygens (including phenoxy) is 1. The number of nitrogens with one attached hydrogen (secondary N) is 1. The van der Waals surface area contributed by atoms with Gasteiger partial charge in [-0.3, -0.25) is 4.90 Å². The summed E-state index contributed by atoms with van der Waals surface area (Å²) in [7, 11) is 0. The summed E-state index contributed by atoms with van der Waals surface area (Å²) in [6.07, 6.45) is 3.55. The lowest BCUT2D eigenvalue weighted by atomic mass is 9.72. The number of nitrogens with zero attached hydrogens (tertiary/aromatic N) is 2. The van der Waals surface area contributed by atoms with Crippen molar-refractivity contribution in [1.29, 1.82) is 0 Å². The predicted molar refractivity (Wildman–Crippen MR) is 182 cm³/mol. The number of para-hydroxylation sites is 1. The topological polar surface area (TPSA) is 31.5 Å². The molecule has 0 unspecified atom stereocenters. The van der Waals surface area contributed by atoms with Crippen LogP contribution in [0.5, 0.6) is 11.5 Å². The van der Waals surface area contributed by atoms with Crippen LogP contribution in [0.1, 0.15) is 44.2 Å². The zero-order chi connectivity index (χ0) is 29.6. The molecular formula is C38H40ClN3O. The second-order valence-electron chi connectivity index (χ2n) is 13.1. The van der Waals surface area contributed by atoms with Crippen LogP contribution in [-0.4, -0.2) is 42.6 Å². The number of aromatic nitrogens is 1. The summed E-state index contributed by atoms with van der Waals surface area (Å²) in [6.45, 7) is 12.1. The zero-order valence-electron chi connectivity index (χ0n) is 25.4. The maximum absolute atomic E-state index is 6.65. The minimum Gasteiger partial charge on any atom is -0.456 e. The Morgan fingerprint density at radius 3 is 2.42 bits per heavy atom. The number of piperazine rings is 1. The molecule has 1 N–H and O–H groups in total. The minimum absolute atomic E-state index is 0.335. The van der Waals surface area contributed by atoms with Gasteiger partial charge in [-0.1, -0.05) is 73.5 Å². The van der Waals surface area contributed by atoms with Crippen molar-refractivity contribution in [2.45, 2.75) is 40.0 Å². The first-order valence-electron chi connectivity index (χ1n) is 15.6. The summed E-state index contributed by atoms with van der Waals surface area (Å²) < 4.78 is 6.65. The highest BCUT2D eigenvalue weighted by atomic mass is 35.5. The van der Waals surface area contributed by atoms with Crippen molar-refractivity contribution >= 4 is 44.7 Å². The van der Waals surface area contributed by atoms with E-state index in [0.29, 0.717) is 5.41 Å². The number of benzene rings is 4. The number of aromatic amines is 1. The molecule has 4 aromatic carbocycles. The summed E-state index contributed by atoms with van der Waals surface area (Å²) in [4.78, 5) is 8.68. The van der Waals surface area contributed by atoms with Crippen LogP contribution >= 0.6 is 11.6 Å². The largest absolute Gasteiger partial charge is 0.456 e. The number of fused-ring (bicyclic) bond motifs is 3. The molecule has 7 rings (SSSR count). The normalized spacial score (nSPS) is 17.6. The van der Waals surface area contributed by atoms with Crippen LogP contribution in [0.3, 0.4) is 0 Å². The number of hydrogen-bond donors (Lipinski definition) is 1. The van der Waals surface area contributed by atoms with E-state index in [1.807, 2.05) is 12.1 Å². The molecule has 0 radical (unpaired) electrons. The highest BCUT2D eigenvalue weighted by Gasteiger charge is 2.29. The highest BCUT2D eigenvalue weighted by molar-refractivity contribution is 6.30. The predicted octanol–water partition coefficient (Wildman–Crippen LogP) is 9.86. The van der Waals surface area contributed by atoms with Crippen molar-refractivity contribution in [3.63, 3.8) is 0 Å². The van der Waals surface area contributed by atoms with Gasteiger partial charge in [-0.05, 0) is 84.7 Å². The standard InChI is InChI=1S/C38H40ClN3O/c1-26-11-16-30(23-36(26)43-35-10-6-9-34-37(35)31-7-4-5-8-33(31)40-34)42-21-19-41(20-22-42)25-28-17-18-38(2,3)24-32(28)27-12-14-29(39)15-13-27/h4-16,23,40H,17-22,24-25H2,1-3H3. The molecule has 0 saturated carbocycles. The first-order valence-corrected chi connectivity index (χ1v) is 15.9. The molecule has 43 heavy (non-hydrogen) atoms. The number of allylic oxidation sites excluding steroid dienone is 1. The van der Waals surface area contributed by atoms with Gasteiger partial charge in [-0.15, -0.1) is 0 Å². The van der Waals surface area contributed by atoms with Crippen molar-refractivity contribution in [3.05, 3.63) is 107 Å². The van der Waals surface area contributed by atoms with E-state index in [0.717, 1.165) is 77.6 Å². The molecule has 2 aliphatic rings. The Labute approximate surface area is 259 Å². The SMILES string of the molecule is Cc1ccc(N2CCN(CC3=C(c4ccc(Cl)cc4)CC(C)(C)CC3)CC2)cc1Oc1cccc2[nH]c3ccccc3c12. The summed E-state index contributed by atoms with van der Waals surface area (Å²) in [5.74, 6) is 1.81. The third-order valence-corrected chi connectivity index (χ3v) is 9.67. The van der Waals surface area contributed by atoms with Crippen molar-refractivity contribution < 1.29 is 4.74 Å². The van der Waals surface area contributed by atoms with Gasteiger partial charge in [0.2, 0.25) is 0 Å². The van der Waals surface area contributed by atoms with E-state index in [1.54, 1.807) is 5.57 Å². The Hall–Kier alpha value is -3.73. The van der Waals surface area contributed by atoms with Gasteiger partial charge in [0, 0.05) is 60.4 Å². The molecule has 5 heteroatoms. The van der Waals surface area contributed by atoms with Gasteiger partial charge in [-0.25, -0.2) is 0 Å². The van der Waals surface area contributed by atoms with Crippen LogP contribution in [0.2, 0.25) is 5.02 Å². The van der Waals surface area contributed by atoms with Crippen LogP contribution in [0.25, 0.3) is 27.4 Å². The van der Waals surface area contributed by atoms with Gasteiger partial charge in [-0.2, -0.15) is 0 Å². The van der Waals surface area contributed by atoms with Gasteiger partial charge in [0.25, 0.3) is 0 Å². The smallest absolute Gasteiger partial charge is 0.137 e. The van der Waals surface area contributed by atoms with Crippen molar-refractivity contribution in [3.8, 4) is 11.5 Å². The monoisotopic (exact) mass is 589 g/mol. The lowest BCUT2D eigenvalue weighted by Gasteiger charge is -2.39. The van der Waals surface area contributed by atoms with Crippen molar-refractivity contribution in [2.24, 2.45) is 5.41 Å². The van der Waals surface area contributed by atoms with Gasteiger partial charge in [0.05, 0.1) is 10.9 Å². The first-order chi connectivity index (χ1) is 20.8. The number of anilines is 1. The van der Waals surface area contributed by atoms with E-state index in [2.05, 4.69) is 108 Å². The van der Waals surface area contributed by atoms with Gasteiger partial charge >= 0.3 is 0 Å². The number of aryl methyl sites for hydroxylation is 1. The molecule has 220 valence electrons. The average molecular weight is 590 g/mol. The number of H-pyrrole nitrogens is 1. The molecule has 1 saturated heterocycles. The molecule has 1 fully saturated rings. The van der Waals surface area contributed by atoms with E-state index in [-0.39, 0.29) is 0 Å². The van der Waals surface area contributed by atoms with Gasteiger partial charge in [0.15, 0.2) is 0 Å². The number of halogens is 1. The van der Waals surface area contributed by atoms with E-state index in [9.17, 15) is 0 Å². The Morgan fingerprint density at radius 1 is 0.837 bits per heavy atom. The van der Waals surface area contributed by atoms with Crippen molar-refractivity contribution in [2.75, 3.05) is 37.6 Å². The second kappa shape index (κ2) is 11.4. The van der Waals surface area contributed by atoms with E-state index in [4.69, 9.17) is 16.3 Å². The Kier molecular flexibility index (Phi) is 7.44. The van der Waals surface area contributed by atoms with Crippen molar-refractivity contribution in [1.82, 2.24) is 9.88 Å². The molecule has 0 amide bonds. The fourth-order valence-corrected chi connectivity index (χ4v) is 6.99. The fraction of sp³-hybridized carbons (Fsp3) is 0.316. The van der Waals surface area contributed by atoms with E-state index in [1.165, 1.54) is 35.1 Å². The third kappa shape index (κ3) is 5.79. The molecule has 0 spiro atoms. The number of hydrogen-bond acceptors (Lipinski definition) is 3. The summed E-state index contributed by atoms with van der Waals surface area (Å²) in [5.41, 5.74) is 9.40. The molecular weight excluding hydrogens is 550 g/mol. The molecule has 1 aromatic heterocycles. The molecule has 4 nitrogen and oxygen atoms in total. The third-order valence-electron chi connectivity index (χ3n) is 9.41. The van der Waals surface area contributed by atoms with Crippen LogP contribution in [0.15, 0.2) is 90.5 Å². The van der Waals surface area contributed by atoms with Crippen LogP contribution < -0.4 is 9.64 Å². The van der Waals surface area contributed by atoms with E-state index < -0.39 is 0 Å². The molecule has 1 aliphatic carbocycles. The lowest BCUT2D eigenvalue weighted by molar-refractivity contribution is 0.264. The maximum Gasteiger partial charge on any atom is 0.137 e. The zero-order valence-corrected chi connectivity index (χ0v) is 26.2.